The van der Waals surface area contributed by atoms with E-state index in [1.807, 2.05) is 13.0 Å². The molecule has 0 atom stereocenters. The van der Waals surface area contributed by atoms with Gasteiger partial charge in [-0.3, -0.25) is 4.79 Å². The SMILES string of the molecule is COc1ccccc1NC(=O)c1nc(S(=O)(=O)Cc2cccc(C)c2)ncc1Cl. The minimum atomic E-state index is -3.87. The summed E-state index contributed by atoms with van der Waals surface area (Å²) in [6.07, 6.45) is 1.11. The van der Waals surface area contributed by atoms with E-state index in [1.165, 1.54) is 7.11 Å². The lowest BCUT2D eigenvalue weighted by Gasteiger charge is -2.11. The molecule has 0 saturated heterocycles. The van der Waals surface area contributed by atoms with Gasteiger partial charge < -0.3 is 10.1 Å². The number of anilines is 1. The number of hydrogen-bond donors (Lipinski definition) is 1. The Hall–Kier alpha value is -2.97. The van der Waals surface area contributed by atoms with Crippen LogP contribution in [0.3, 0.4) is 0 Å². The number of ether oxygens (including phenoxy) is 1. The van der Waals surface area contributed by atoms with Crippen molar-refractivity contribution in [3.63, 3.8) is 0 Å². The molecule has 1 heterocycles. The van der Waals surface area contributed by atoms with Crippen molar-refractivity contribution >= 4 is 33.0 Å². The summed E-state index contributed by atoms with van der Waals surface area (Å²) < 4.78 is 30.7. The lowest BCUT2D eigenvalue weighted by Crippen LogP contribution is -2.18. The van der Waals surface area contributed by atoms with Crippen LogP contribution >= 0.6 is 11.6 Å². The molecule has 3 rings (SSSR count). The highest BCUT2D eigenvalue weighted by molar-refractivity contribution is 7.90. The lowest BCUT2D eigenvalue weighted by atomic mass is 10.2. The number of aryl methyl sites for hydroxylation is 1. The van der Waals surface area contributed by atoms with Gasteiger partial charge in [0.1, 0.15) is 5.75 Å². The van der Waals surface area contributed by atoms with Gasteiger partial charge in [-0.2, -0.15) is 0 Å². The third-order valence-corrected chi connectivity index (χ3v) is 5.75. The number of methoxy groups -OCH3 is 1. The fourth-order valence-corrected chi connectivity index (χ4v) is 4.04. The molecule has 0 aliphatic rings. The smallest absolute Gasteiger partial charge is 0.276 e. The van der Waals surface area contributed by atoms with Gasteiger partial charge in [-0.05, 0) is 24.6 Å². The van der Waals surface area contributed by atoms with Crippen LogP contribution in [0.25, 0.3) is 0 Å². The molecule has 1 aromatic heterocycles. The Bertz CT molecular complexity index is 1170. The second kappa shape index (κ2) is 8.59. The molecule has 1 N–H and O–H groups in total. The number of nitrogens with one attached hydrogen (secondary N) is 1. The van der Waals surface area contributed by atoms with Crippen LogP contribution < -0.4 is 10.1 Å². The first kappa shape index (κ1) is 20.8. The number of aromatic nitrogens is 2. The molecule has 0 spiro atoms. The second-order valence-electron chi connectivity index (χ2n) is 6.25. The molecule has 0 aliphatic heterocycles. The molecule has 0 aliphatic carbocycles. The summed E-state index contributed by atoms with van der Waals surface area (Å²) >= 11 is 6.05. The molecule has 0 unspecified atom stereocenters. The molecule has 0 fully saturated rings. The van der Waals surface area contributed by atoms with Crippen molar-refractivity contribution in [3.05, 3.63) is 76.6 Å². The molecule has 0 saturated carbocycles. The first-order chi connectivity index (χ1) is 13.8. The van der Waals surface area contributed by atoms with Crippen LogP contribution in [0.15, 0.2) is 59.9 Å². The monoisotopic (exact) mass is 431 g/mol. The van der Waals surface area contributed by atoms with Crippen LogP contribution in [0.4, 0.5) is 5.69 Å². The van der Waals surface area contributed by atoms with E-state index in [0.717, 1.165) is 11.8 Å². The average molecular weight is 432 g/mol. The summed E-state index contributed by atoms with van der Waals surface area (Å²) in [6.45, 7) is 1.87. The quantitative estimate of drug-likeness (QED) is 0.598. The molecule has 0 bridgehead atoms. The summed E-state index contributed by atoms with van der Waals surface area (Å²) in [5.74, 6) is -0.517. The van der Waals surface area contributed by atoms with Gasteiger partial charge in [0, 0.05) is 0 Å². The van der Waals surface area contributed by atoms with E-state index in [9.17, 15) is 13.2 Å². The molecule has 9 heteroatoms. The van der Waals surface area contributed by atoms with Crippen molar-refractivity contribution in [2.75, 3.05) is 12.4 Å². The molecule has 150 valence electrons. The van der Waals surface area contributed by atoms with Crippen LogP contribution in [0.1, 0.15) is 21.6 Å². The Kier molecular flexibility index (Phi) is 6.14. The second-order valence-corrected chi connectivity index (χ2v) is 8.54. The summed E-state index contributed by atoms with van der Waals surface area (Å²) in [5.41, 5.74) is 1.70. The van der Waals surface area contributed by atoms with E-state index in [0.29, 0.717) is 17.0 Å². The first-order valence-electron chi connectivity index (χ1n) is 8.55. The number of rotatable bonds is 6. The number of sulfone groups is 1. The van der Waals surface area contributed by atoms with Gasteiger partial charge in [0.15, 0.2) is 5.69 Å². The van der Waals surface area contributed by atoms with Crippen molar-refractivity contribution in [1.29, 1.82) is 0 Å². The Morgan fingerprint density at radius 1 is 1.17 bits per heavy atom. The largest absolute Gasteiger partial charge is 0.495 e. The van der Waals surface area contributed by atoms with Gasteiger partial charge in [0.2, 0.25) is 15.0 Å². The first-order valence-corrected chi connectivity index (χ1v) is 10.6. The maximum Gasteiger partial charge on any atom is 0.276 e. The van der Waals surface area contributed by atoms with E-state index in [1.54, 1.807) is 42.5 Å². The van der Waals surface area contributed by atoms with E-state index in [-0.39, 0.29) is 16.5 Å². The Morgan fingerprint density at radius 2 is 1.93 bits per heavy atom. The van der Waals surface area contributed by atoms with Crippen LogP contribution in [-0.2, 0) is 15.6 Å². The van der Waals surface area contributed by atoms with Gasteiger partial charge in [0.05, 0.1) is 29.8 Å². The Morgan fingerprint density at radius 3 is 2.66 bits per heavy atom. The van der Waals surface area contributed by atoms with Crippen molar-refractivity contribution in [3.8, 4) is 5.75 Å². The average Bonchev–Trinajstić information content (AvgIpc) is 2.68. The molecular weight excluding hydrogens is 414 g/mol. The maximum absolute atomic E-state index is 12.7. The predicted octanol–water partition coefficient (Wildman–Crippen LogP) is 3.67. The molecule has 29 heavy (non-hydrogen) atoms. The Balaban J connectivity index is 1.90. The number of halogens is 1. The van der Waals surface area contributed by atoms with Crippen molar-refractivity contribution in [2.45, 2.75) is 17.8 Å². The topological polar surface area (TPSA) is 98.2 Å². The van der Waals surface area contributed by atoms with Crippen LogP contribution in [0.2, 0.25) is 5.02 Å². The zero-order valence-electron chi connectivity index (χ0n) is 15.7. The van der Waals surface area contributed by atoms with Gasteiger partial charge in [-0.25, -0.2) is 18.4 Å². The number of carbonyl (C=O) groups excluding carboxylic acids is 1. The van der Waals surface area contributed by atoms with E-state index < -0.39 is 20.9 Å². The van der Waals surface area contributed by atoms with Crippen LogP contribution in [0.5, 0.6) is 5.75 Å². The third kappa shape index (κ3) is 4.90. The number of para-hydroxylation sites is 2. The van der Waals surface area contributed by atoms with Crippen LogP contribution in [0, 0.1) is 6.92 Å². The lowest BCUT2D eigenvalue weighted by molar-refractivity contribution is 0.102. The molecule has 2 aromatic carbocycles. The standard InChI is InChI=1S/C20H18ClN3O4S/c1-13-6-5-7-14(10-13)12-29(26,27)20-22-11-15(21)18(24-20)19(25)23-16-8-3-4-9-17(16)28-2/h3-11H,12H2,1-2H3,(H,23,25). The van der Waals surface area contributed by atoms with Crippen molar-refractivity contribution in [2.24, 2.45) is 0 Å². The molecule has 7 nitrogen and oxygen atoms in total. The number of amides is 1. The molecule has 3 aromatic rings. The van der Waals surface area contributed by atoms with Crippen molar-refractivity contribution in [1.82, 2.24) is 9.97 Å². The number of benzene rings is 2. The summed E-state index contributed by atoms with van der Waals surface area (Å²) in [4.78, 5) is 20.4. The van der Waals surface area contributed by atoms with Gasteiger partial charge in [0.25, 0.3) is 5.91 Å². The number of nitrogens with zero attached hydrogens (tertiary/aromatic N) is 2. The zero-order chi connectivity index (χ0) is 21.0. The maximum atomic E-state index is 12.7. The third-order valence-electron chi connectivity index (χ3n) is 4.01. The number of hydrogen-bond acceptors (Lipinski definition) is 6. The van der Waals surface area contributed by atoms with Gasteiger partial charge in [-0.1, -0.05) is 53.6 Å². The summed E-state index contributed by atoms with van der Waals surface area (Å²) in [6, 6.07) is 13.9. The van der Waals surface area contributed by atoms with Crippen molar-refractivity contribution < 1.29 is 17.9 Å². The molecule has 0 radical (unpaired) electrons. The Labute approximate surface area is 173 Å². The van der Waals surface area contributed by atoms with E-state index in [4.69, 9.17) is 16.3 Å². The zero-order valence-corrected chi connectivity index (χ0v) is 17.3. The fourth-order valence-electron chi connectivity index (χ4n) is 2.68. The number of carbonyl (C=O) groups is 1. The summed E-state index contributed by atoms with van der Waals surface area (Å²) in [5, 5.41) is 2.09. The molecular formula is C20H18ClN3O4S. The minimum absolute atomic E-state index is 0.0631. The minimum Gasteiger partial charge on any atom is -0.495 e. The molecule has 1 amide bonds. The highest BCUT2D eigenvalue weighted by Crippen LogP contribution is 2.25. The predicted molar refractivity (Wildman–Crippen MR) is 110 cm³/mol. The van der Waals surface area contributed by atoms with Gasteiger partial charge >= 0.3 is 0 Å². The highest BCUT2D eigenvalue weighted by atomic mass is 35.5. The summed E-state index contributed by atoms with van der Waals surface area (Å²) in [7, 11) is -2.40. The normalized spacial score (nSPS) is 11.1. The van der Waals surface area contributed by atoms with Crippen LogP contribution in [-0.4, -0.2) is 31.4 Å². The fraction of sp³-hybridized carbons (Fsp3) is 0.150. The van der Waals surface area contributed by atoms with E-state index in [2.05, 4.69) is 15.3 Å². The highest BCUT2D eigenvalue weighted by Gasteiger charge is 2.23. The van der Waals surface area contributed by atoms with E-state index >= 15 is 0 Å². The van der Waals surface area contributed by atoms with Gasteiger partial charge in [-0.15, -0.1) is 0 Å².